The number of fused-ring (bicyclic) bond motifs is 1. The third kappa shape index (κ3) is 5.75. The molecule has 0 bridgehead atoms. The third-order valence-electron chi connectivity index (χ3n) is 6.29. The van der Waals surface area contributed by atoms with Gasteiger partial charge in [-0.15, -0.1) is 0 Å². The van der Waals surface area contributed by atoms with Crippen molar-refractivity contribution in [1.29, 1.82) is 0 Å². The fourth-order valence-corrected chi connectivity index (χ4v) is 4.34. The summed E-state index contributed by atoms with van der Waals surface area (Å²) in [6.45, 7) is 4.47. The van der Waals surface area contributed by atoms with E-state index in [1.807, 2.05) is 65.6 Å². The summed E-state index contributed by atoms with van der Waals surface area (Å²) in [6, 6.07) is 23.2. The number of para-hydroxylation sites is 1. The van der Waals surface area contributed by atoms with Crippen molar-refractivity contribution in [1.82, 2.24) is 10.2 Å². The Morgan fingerprint density at radius 2 is 1.65 bits per heavy atom. The van der Waals surface area contributed by atoms with E-state index in [0.717, 1.165) is 34.9 Å². The van der Waals surface area contributed by atoms with E-state index in [-0.39, 0.29) is 17.9 Å². The van der Waals surface area contributed by atoms with E-state index in [1.165, 1.54) is 0 Å². The number of carbonyl (C=O) groups is 2. The van der Waals surface area contributed by atoms with Crippen LogP contribution < -0.4 is 15.8 Å². The zero-order valence-corrected chi connectivity index (χ0v) is 19.9. The molecule has 0 spiro atoms. The van der Waals surface area contributed by atoms with Crippen LogP contribution in [0.5, 0.6) is 5.75 Å². The Kier molecular flexibility index (Phi) is 7.17. The molecule has 2 amide bonds. The van der Waals surface area contributed by atoms with Crippen molar-refractivity contribution in [2.45, 2.75) is 50.8 Å². The van der Waals surface area contributed by atoms with Gasteiger partial charge in [0.1, 0.15) is 17.9 Å². The lowest BCUT2D eigenvalue weighted by Crippen LogP contribution is -2.58. The molecule has 1 aliphatic rings. The number of nitrogens with one attached hydrogen (secondary N) is 1. The van der Waals surface area contributed by atoms with Gasteiger partial charge >= 0.3 is 0 Å². The van der Waals surface area contributed by atoms with E-state index >= 15 is 0 Å². The second-order valence-corrected chi connectivity index (χ2v) is 9.55. The van der Waals surface area contributed by atoms with Crippen LogP contribution in [0.1, 0.15) is 32.3 Å². The molecule has 1 atom stereocenters. The Labute approximate surface area is 201 Å². The number of piperidine rings is 1. The molecule has 1 aliphatic heterocycles. The van der Waals surface area contributed by atoms with Crippen LogP contribution in [-0.2, 0) is 16.0 Å². The van der Waals surface area contributed by atoms with E-state index < -0.39 is 11.6 Å². The van der Waals surface area contributed by atoms with Gasteiger partial charge in [-0.1, -0.05) is 60.7 Å². The number of nitrogens with zero attached hydrogens (tertiary/aromatic N) is 1. The first-order valence-corrected chi connectivity index (χ1v) is 11.9. The number of hydrogen-bond donors (Lipinski definition) is 2. The Bertz CT molecular complexity index is 1130. The van der Waals surface area contributed by atoms with Crippen molar-refractivity contribution >= 4 is 22.6 Å². The van der Waals surface area contributed by atoms with Gasteiger partial charge in [0.2, 0.25) is 11.8 Å². The van der Waals surface area contributed by atoms with E-state index in [4.69, 9.17) is 10.5 Å². The molecule has 1 saturated heterocycles. The van der Waals surface area contributed by atoms with Crippen LogP contribution in [0.15, 0.2) is 72.8 Å². The molecule has 4 rings (SSSR count). The van der Waals surface area contributed by atoms with Gasteiger partial charge in [-0.2, -0.15) is 0 Å². The second-order valence-electron chi connectivity index (χ2n) is 9.55. The fourth-order valence-electron chi connectivity index (χ4n) is 4.34. The summed E-state index contributed by atoms with van der Waals surface area (Å²) < 4.78 is 6.07. The molecule has 0 aliphatic carbocycles. The number of likely N-dealkylation sites (tertiary alicyclic amines) is 1. The lowest BCUT2D eigenvalue weighted by Gasteiger charge is -2.35. The lowest BCUT2D eigenvalue weighted by molar-refractivity contribution is -0.138. The number of carbonyl (C=O) groups excluding carboxylic acids is 2. The molecule has 178 valence electrons. The van der Waals surface area contributed by atoms with E-state index in [9.17, 15) is 9.59 Å². The predicted molar refractivity (Wildman–Crippen MR) is 135 cm³/mol. The van der Waals surface area contributed by atoms with Gasteiger partial charge in [0.05, 0.1) is 5.54 Å². The van der Waals surface area contributed by atoms with Crippen LogP contribution >= 0.6 is 0 Å². The predicted octanol–water partition coefficient (Wildman–Crippen LogP) is 3.67. The van der Waals surface area contributed by atoms with Crippen LogP contribution in [0.25, 0.3) is 10.8 Å². The van der Waals surface area contributed by atoms with Crippen LogP contribution in [0.3, 0.4) is 0 Å². The van der Waals surface area contributed by atoms with Gasteiger partial charge < -0.3 is 20.7 Å². The summed E-state index contributed by atoms with van der Waals surface area (Å²) in [6.07, 6.45) is 1.97. The van der Waals surface area contributed by atoms with Gasteiger partial charge in [0.25, 0.3) is 0 Å². The number of nitrogens with two attached hydrogens (primary N) is 1. The first-order valence-electron chi connectivity index (χ1n) is 11.9. The first kappa shape index (κ1) is 23.8. The molecule has 3 aromatic rings. The summed E-state index contributed by atoms with van der Waals surface area (Å²) in [5.74, 6) is 0.427. The molecule has 0 radical (unpaired) electrons. The van der Waals surface area contributed by atoms with E-state index in [2.05, 4.69) is 17.4 Å². The zero-order chi connectivity index (χ0) is 24.1. The maximum atomic E-state index is 13.6. The Balaban J connectivity index is 1.48. The molecular formula is C28H33N3O3. The summed E-state index contributed by atoms with van der Waals surface area (Å²) in [5.41, 5.74) is 5.97. The smallest absolute Gasteiger partial charge is 0.245 e. The monoisotopic (exact) mass is 459 g/mol. The SMILES string of the molecule is CC(C)(N)C(=O)N[C@H](Cc1cccc2ccccc12)C(=O)N1CCC(Oc2ccccc2)CC1. The van der Waals surface area contributed by atoms with Crippen molar-refractivity contribution in [3.8, 4) is 5.75 Å². The van der Waals surface area contributed by atoms with Crippen LogP contribution in [0.2, 0.25) is 0 Å². The normalized spacial score (nSPS) is 15.7. The van der Waals surface area contributed by atoms with Gasteiger partial charge in [-0.05, 0) is 42.3 Å². The van der Waals surface area contributed by atoms with Gasteiger partial charge in [-0.25, -0.2) is 0 Å². The highest BCUT2D eigenvalue weighted by atomic mass is 16.5. The molecule has 1 fully saturated rings. The standard InChI is InChI=1S/C28H33N3O3/c1-28(2,29)27(33)30-25(19-21-11-8-10-20-9-6-7-14-24(20)21)26(32)31-17-15-23(16-18-31)34-22-12-4-3-5-13-22/h3-14,23,25H,15-19,29H2,1-2H3,(H,30,33)/t25-/m1/s1. The summed E-state index contributed by atoms with van der Waals surface area (Å²) in [5, 5.41) is 5.12. The van der Waals surface area contributed by atoms with Gasteiger partial charge in [0, 0.05) is 32.4 Å². The minimum absolute atomic E-state index is 0.0699. The van der Waals surface area contributed by atoms with Gasteiger partial charge in [0.15, 0.2) is 0 Å². The minimum atomic E-state index is -1.08. The molecular weight excluding hydrogens is 426 g/mol. The molecule has 6 nitrogen and oxygen atoms in total. The van der Waals surface area contributed by atoms with Crippen LogP contribution in [0.4, 0.5) is 0 Å². The number of ether oxygens (including phenoxy) is 1. The zero-order valence-electron chi connectivity index (χ0n) is 19.9. The maximum absolute atomic E-state index is 13.6. The number of rotatable bonds is 7. The van der Waals surface area contributed by atoms with E-state index in [0.29, 0.717) is 19.5 Å². The Morgan fingerprint density at radius 3 is 2.35 bits per heavy atom. The third-order valence-corrected chi connectivity index (χ3v) is 6.29. The quantitative estimate of drug-likeness (QED) is 0.565. The molecule has 3 N–H and O–H groups in total. The van der Waals surface area contributed by atoms with Crippen molar-refractivity contribution in [2.24, 2.45) is 5.73 Å². The number of hydrogen-bond acceptors (Lipinski definition) is 4. The van der Waals surface area contributed by atoms with Crippen LogP contribution in [-0.4, -0.2) is 47.5 Å². The highest BCUT2D eigenvalue weighted by Crippen LogP contribution is 2.22. The summed E-state index contributed by atoms with van der Waals surface area (Å²) in [4.78, 5) is 28.2. The van der Waals surface area contributed by atoms with Gasteiger partial charge in [-0.3, -0.25) is 9.59 Å². The molecule has 6 heteroatoms. The van der Waals surface area contributed by atoms with Crippen molar-refractivity contribution in [3.63, 3.8) is 0 Å². The Morgan fingerprint density at radius 1 is 1.00 bits per heavy atom. The molecule has 1 heterocycles. The fraction of sp³-hybridized carbons (Fsp3) is 0.357. The van der Waals surface area contributed by atoms with Crippen LogP contribution in [0, 0.1) is 0 Å². The average molecular weight is 460 g/mol. The summed E-state index contributed by atoms with van der Waals surface area (Å²) in [7, 11) is 0. The minimum Gasteiger partial charge on any atom is -0.490 e. The summed E-state index contributed by atoms with van der Waals surface area (Å²) >= 11 is 0. The number of amides is 2. The maximum Gasteiger partial charge on any atom is 0.245 e. The topological polar surface area (TPSA) is 84.7 Å². The average Bonchev–Trinajstić information content (AvgIpc) is 2.84. The second kappa shape index (κ2) is 10.3. The molecule has 3 aromatic carbocycles. The van der Waals surface area contributed by atoms with Crippen molar-refractivity contribution < 1.29 is 14.3 Å². The Hall–Kier alpha value is -3.38. The first-order chi connectivity index (χ1) is 16.3. The molecule has 34 heavy (non-hydrogen) atoms. The van der Waals surface area contributed by atoms with E-state index in [1.54, 1.807) is 13.8 Å². The van der Waals surface area contributed by atoms with Crippen molar-refractivity contribution in [3.05, 3.63) is 78.4 Å². The largest absolute Gasteiger partial charge is 0.490 e. The van der Waals surface area contributed by atoms with Crippen molar-refractivity contribution in [2.75, 3.05) is 13.1 Å². The molecule has 0 aromatic heterocycles. The number of benzene rings is 3. The molecule has 0 saturated carbocycles. The highest BCUT2D eigenvalue weighted by molar-refractivity contribution is 5.92. The molecule has 0 unspecified atom stereocenters. The lowest BCUT2D eigenvalue weighted by atomic mass is 9.96. The highest BCUT2D eigenvalue weighted by Gasteiger charge is 2.33.